The predicted octanol–water partition coefficient (Wildman–Crippen LogP) is 3.27. The van der Waals surface area contributed by atoms with Gasteiger partial charge < -0.3 is 15.5 Å². The molecule has 3 rings (SSSR count). The molecule has 0 aliphatic carbocycles. The van der Waals surface area contributed by atoms with E-state index in [-0.39, 0.29) is 18.0 Å². The molecule has 0 unspecified atom stereocenters. The quantitative estimate of drug-likeness (QED) is 0.826. The van der Waals surface area contributed by atoms with E-state index in [0.717, 1.165) is 23.0 Å². The molecule has 6 nitrogen and oxygen atoms in total. The van der Waals surface area contributed by atoms with Crippen molar-refractivity contribution in [3.8, 4) is 0 Å². The highest BCUT2D eigenvalue weighted by molar-refractivity contribution is 9.10. The number of nitrogens with one attached hydrogen (secondary N) is 2. The van der Waals surface area contributed by atoms with Crippen molar-refractivity contribution in [1.29, 1.82) is 0 Å². The van der Waals surface area contributed by atoms with Crippen LogP contribution in [0.25, 0.3) is 0 Å². The van der Waals surface area contributed by atoms with Crippen LogP contribution in [0.5, 0.6) is 0 Å². The lowest BCUT2D eigenvalue weighted by molar-refractivity contribution is 0.0919. The van der Waals surface area contributed by atoms with E-state index in [2.05, 4.69) is 31.5 Å². The number of carbonyl (C=O) groups is 2. The molecule has 2 heterocycles. The number of aromatic nitrogens is 1. The molecule has 2 aromatic rings. The zero-order valence-corrected chi connectivity index (χ0v) is 15.2. The van der Waals surface area contributed by atoms with Gasteiger partial charge in [-0.25, -0.2) is 4.79 Å². The number of likely N-dealkylation sites (tertiary alicyclic amines) is 1. The van der Waals surface area contributed by atoms with Gasteiger partial charge in [0.05, 0.1) is 5.56 Å². The number of urea groups is 1. The van der Waals surface area contributed by atoms with Crippen LogP contribution in [0, 0.1) is 0 Å². The summed E-state index contributed by atoms with van der Waals surface area (Å²) in [6.07, 6.45) is 4.65. The van der Waals surface area contributed by atoms with Crippen LogP contribution >= 0.6 is 15.9 Å². The fourth-order valence-electron chi connectivity index (χ4n) is 2.76. The van der Waals surface area contributed by atoms with Crippen molar-refractivity contribution in [2.24, 2.45) is 0 Å². The van der Waals surface area contributed by atoms with Gasteiger partial charge in [-0.3, -0.25) is 9.78 Å². The van der Waals surface area contributed by atoms with Crippen molar-refractivity contribution >= 4 is 33.6 Å². The van der Waals surface area contributed by atoms with E-state index >= 15 is 0 Å². The Morgan fingerprint density at radius 1 is 1.12 bits per heavy atom. The number of carbonyl (C=O) groups excluding carboxylic acids is 2. The molecule has 0 atom stereocenters. The number of hydrogen-bond donors (Lipinski definition) is 2. The first-order chi connectivity index (χ1) is 12.1. The standard InChI is InChI=1S/C18H19BrN4O2/c19-14-10-13(11-20-12-14)17(24)21-16-6-8-23(9-7-16)18(25)22-15-4-2-1-3-5-15/h1-5,10-12,16H,6-9H2,(H,21,24)(H,22,25). The highest BCUT2D eigenvalue weighted by Crippen LogP contribution is 2.15. The van der Waals surface area contributed by atoms with Crippen LogP contribution < -0.4 is 10.6 Å². The smallest absolute Gasteiger partial charge is 0.321 e. The molecule has 1 aliphatic heterocycles. The van der Waals surface area contributed by atoms with Gasteiger partial charge in [0.15, 0.2) is 0 Å². The number of rotatable bonds is 3. The summed E-state index contributed by atoms with van der Waals surface area (Å²) in [7, 11) is 0. The molecular formula is C18H19BrN4O2. The zero-order chi connectivity index (χ0) is 17.6. The first-order valence-electron chi connectivity index (χ1n) is 8.14. The van der Waals surface area contributed by atoms with Gasteiger partial charge in [0.25, 0.3) is 5.91 Å². The molecule has 0 spiro atoms. The molecule has 25 heavy (non-hydrogen) atoms. The molecule has 1 saturated heterocycles. The molecule has 1 aromatic heterocycles. The van der Waals surface area contributed by atoms with Gasteiger partial charge in [0, 0.05) is 41.7 Å². The number of pyridine rings is 1. The lowest BCUT2D eigenvalue weighted by atomic mass is 10.0. The molecule has 0 saturated carbocycles. The Hall–Kier alpha value is -2.41. The fraction of sp³-hybridized carbons (Fsp3) is 0.278. The molecule has 3 amide bonds. The van der Waals surface area contributed by atoms with Crippen molar-refractivity contribution in [2.75, 3.05) is 18.4 Å². The van der Waals surface area contributed by atoms with Crippen LogP contribution in [-0.2, 0) is 0 Å². The molecule has 1 fully saturated rings. The number of halogens is 1. The highest BCUT2D eigenvalue weighted by atomic mass is 79.9. The Morgan fingerprint density at radius 2 is 1.84 bits per heavy atom. The highest BCUT2D eigenvalue weighted by Gasteiger charge is 2.24. The Morgan fingerprint density at radius 3 is 2.52 bits per heavy atom. The number of para-hydroxylation sites is 1. The van der Waals surface area contributed by atoms with Gasteiger partial charge in [-0.1, -0.05) is 18.2 Å². The second-order valence-electron chi connectivity index (χ2n) is 5.92. The molecular weight excluding hydrogens is 384 g/mol. The number of nitrogens with zero attached hydrogens (tertiary/aromatic N) is 2. The number of hydrogen-bond acceptors (Lipinski definition) is 3. The third-order valence-electron chi connectivity index (χ3n) is 4.11. The summed E-state index contributed by atoms with van der Waals surface area (Å²) in [6, 6.07) is 11.1. The summed E-state index contributed by atoms with van der Waals surface area (Å²) in [5.74, 6) is -0.138. The predicted molar refractivity (Wildman–Crippen MR) is 99.5 cm³/mol. The second kappa shape index (κ2) is 8.11. The summed E-state index contributed by atoms with van der Waals surface area (Å²) in [4.78, 5) is 30.3. The van der Waals surface area contributed by atoms with Gasteiger partial charge in [0.2, 0.25) is 0 Å². The summed E-state index contributed by atoms with van der Waals surface area (Å²) in [6.45, 7) is 1.22. The minimum absolute atomic E-state index is 0.0623. The minimum Gasteiger partial charge on any atom is -0.349 e. The Labute approximate surface area is 154 Å². The van der Waals surface area contributed by atoms with Crippen LogP contribution in [0.2, 0.25) is 0 Å². The Bertz CT molecular complexity index is 746. The third kappa shape index (κ3) is 4.79. The molecule has 0 bridgehead atoms. The largest absolute Gasteiger partial charge is 0.349 e. The first-order valence-corrected chi connectivity index (χ1v) is 8.93. The topological polar surface area (TPSA) is 74.3 Å². The molecule has 7 heteroatoms. The molecule has 0 radical (unpaired) electrons. The van der Waals surface area contributed by atoms with Crippen LogP contribution in [0.3, 0.4) is 0 Å². The zero-order valence-electron chi connectivity index (χ0n) is 13.6. The molecule has 1 aromatic carbocycles. The van der Waals surface area contributed by atoms with Gasteiger partial charge in [0.1, 0.15) is 0 Å². The molecule has 130 valence electrons. The number of anilines is 1. The maximum absolute atomic E-state index is 12.3. The van der Waals surface area contributed by atoms with Gasteiger partial charge >= 0.3 is 6.03 Å². The monoisotopic (exact) mass is 402 g/mol. The van der Waals surface area contributed by atoms with Crippen molar-refractivity contribution in [3.05, 3.63) is 58.8 Å². The maximum Gasteiger partial charge on any atom is 0.321 e. The fourth-order valence-corrected chi connectivity index (χ4v) is 3.12. The molecule has 1 aliphatic rings. The van der Waals surface area contributed by atoms with Crippen LogP contribution in [0.4, 0.5) is 10.5 Å². The van der Waals surface area contributed by atoms with E-state index < -0.39 is 0 Å². The van der Waals surface area contributed by atoms with Crippen LogP contribution in [0.1, 0.15) is 23.2 Å². The van der Waals surface area contributed by atoms with Crippen molar-refractivity contribution in [1.82, 2.24) is 15.2 Å². The van der Waals surface area contributed by atoms with E-state index in [0.29, 0.717) is 18.7 Å². The lowest BCUT2D eigenvalue weighted by Gasteiger charge is -2.32. The van der Waals surface area contributed by atoms with E-state index in [9.17, 15) is 9.59 Å². The number of benzene rings is 1. The summed E-state index contributed by atoms with van der Waals surface area (Å²) < 4.78 is 0.771. The molecule has 2 N–H and O–H groups in total. The van der Waals surface area contributed by atoms with Crippen molar-refractivity contribution < 1.29 is 9.59 Å². The normalized spacial score (nSPS) is 14.8. The Kier molecular flexibility index (Phi) is 5.65. The van der Waals surface area contributed by atoms with Gasteiger partial charge in [-0.15, -0.1) is 0 Å². The summed E-state index contributed by atoms with van der Waals surface area (Å²) in [5, 5.41) is 5.90. The van der Waals surface area contributed by atoms with Crippen molar-refractivity contribution in [2.45, 2.75) is 18.9 Å². The van der Waals surface area contributed by atoms with E-state index in [4.69, 9.17) is 0 Å². The number of amides is 3. The van der Waals surface area contributed by atoms with Gasteiger partial charge in [-0.05, 0) is 47.0 Å². The second-order valence-corrected chi connectivity index (χ2v) is 6.84. The maximum atomic E-state index is 12.3. The van der Waals surface area contributed by atoms with Crippen LogP contribution in [0.15, 0.2) is 53.3 Å². The van der Waals surface area contributed by atoms with E-state index in [1.54, 1.807) is 23.4 Å². The summed E-state index contributed by atoms with van der Waals surface area (Å²) in [5.41, 5.74) is 1.31. The first kappa shape index (κ1) is 17.4. The third-order valence-corrected chi connectivity index (χ3v) is 4.54. The van der Waals surface area contributed by atoms with Crippen molar-refractivity contribution in [3.63, 3.8) is 0 Å². The number of piperidine rings is 1. The lowest BCUT2D eigenvalue weighted by Crippen LogP contribution is -2.47. The van der Waals surface area contributed by atoms with Crippen LogP contribution in [-0.4, -0.2) is 41.0 Å². The summed E-state index contributed by atoms with van der Waals surface area (Å²) >= 11 is 3.31. The average molecular weight is 403 g/mol. The SMILES string of the molecule is O=C(NC1CCN(C(=O)Nc2ccccc2)CC1)c1cncc(Br)c1. The van der Waals surface area contributed by atoms with Gasteiger partial charge in [-0.2, -0.15) is 0 Å². The Balaban J connectivity index is 1.48. The average Bonchev–Trinajstić information content (AvgIpc) is 2.63. The van der Waals surface area contributed by atoms with E-state index in [1.807, 2.05) is 30.3 Å². The van der Waals surface area contributed by atoms with E-state index in [1.165, 1.54) is 0 Å². The minimum atomic E-state index is -0.138.